The summed E-state index contributed by atoms with van der Waals surface area (Å²) in [4.78, 5) is 18.2. The van der Waals surface area contributed by atoms with Crippen LogP contribution in [0.4, 0.5) is 10.1 Å². The van der Waals surface area contributed by atoms with Gasteiger partial charge in [0.15, 0.2) is 0 Å². The number of nitrogens with zero attached hydrogens (tertiary/aromatic N) is 2. The fourth-order valence-corrected chi connectivity index (χ4v) is 3.59. The van der Waals surface area contributed by atoms with Gasteiger partial charge in [-0.2, -0.15) is 10.2 Å². The maximum absolute atomic E-state index is 14.1. The van der Waals surface area contributed by atoms with Gasteiger partial charge >= 0.3 is 0 Å². The number of hydrogen-bond acceptors (Lipinski definition) is 5. The third kappa shape index (κ3) is 2.49. The van der Waals surface area contributed by atoms with E-state index in [4.69, 9.17) is 4.84 Å². The van der Waals surface area contributed by atoms with E-state index in [2.05, 4.69) is 25.9 Å². The molecule has 2 aromatic carbocycles. The molecule has 27 heavy (non-hydrogen) atoms. The smallest absolute Gasteiger partial charge is 0.272 e. The van der Waals surface area contributed by atoms with Crippen molar-refractivity contribution < 1.29 is 9.23 Å². The van der Waals surface area contributed by atoms with E-state index in [0.717, 1.165) is 11.3 Å². The van der Waals surface area contributed by atoms with E-state index in [0.29, 0.717) is 16.8 Å². The largest absolute Gasteiger partial charge is 0.282 e. The molecule has 0 aliphatic carbocycles. The van der Waals surface area contributed by atoms with Crippen LogP contribution in [0.15, 0.2) is 59.5 Å². The van der Waals surface area contributed by atoms with Gasteiger partial charge in [0.25, 0.3) is 5.56 Å². The van der Waals surface area contributed by atoms with E-state index in [1.54, 1.807) is 6.20 Å². The predicted octanol–water partition coefficient (Wildman–Crippen LogP) is 3.02. The van der Waals surface area contributed by atoms with Gasteiger partial charge in [-0.15, -0.1) is 0 Å². The zero-order valence-corrected chi connectivity index (χ0v) is 13.9. The summed E-state index contributed by atoms with van der Waals surface area (Å²) in [5, 5.41) is 14.6. The average Bonchev–Trinajstić information content (AvgIpc) is 3.16. The summed E-state index contributed by atoms with van der Waals surface area (Å²) in [6, 6.07) is 14.0. The third-order valence-electron chi connectivity index (χ3n) is 4.76. The highest BCUT2D eigenvalue weighted by atomic mass is 19.1. The van der Waals surface area contributed by atoms with Crippen LogP contribution in [0.3, 0.4) is 0 Å². The minimum Gasteiger partial charge on any atom is -0.282 e. The van der Waals surface area contributed by atoms with Crippen LogP contribution in [-0.4, -0.2) is 20.4 Å². The van der Waals surface area contributed by atoms with E-state index >= 15 is 0 Å². The molecule has 3 heterocycles. The van der Waals surface area contributed by atoms with Crippen molar-refractivity contribution in [3.05, 3.63) is 87.9 Å². The number of H-pyrrole nitrogens is 2. The van der Waals surface area contributed by atoms with Gasteiger partial charge in [-0.05, 0) is 23.8 Å². The molecule has 0 fully saturated rings. The van der Waals surface area contributed by atoms with Crippen LogP contribution in [-0.2, 0) is 4.84 Å². The summed E-state index contributed by atoms with van der Waals surface area (Å²) in [6.45, 7) is 0. The van der Waals surface area contributed by atoms with Crippen molar-refractivity contribution >= 4 is 16.5 Å². The first-order valence-electron chi connectivity index (χ1n) is 8.40. The van der Waals surface area contributed by atoms with Crippen molar-refractivity contribution in [1.29, 1.82) is 0 Å². The lowest BCUT2D eigenvalue weighted by atomic mass is 9.87. The summed E-state index contributed by atoms with van der Waals surface area (Å²) < 4.78 is 14.1. The molecule has 0 radical (unpaired) electrons. The van der Waals surface area contributed by atoms with Gasteiger partial charge in [-0.25, -0.2) is 9.49 Å². The summed E-state index contributed by atoms with van der Waals surface area (Å²) in [5.74, 6) is -0.930. The van der Waals surface area contributed by atoms with Crippen LogP contribution in [0, 0.1) is 5.82 Å². The molecule has 2 aromatic heterocycles. The van der Waals surface area contributed by atoms with Crippen molar-refractivity contribution in [3.8, 4) is 0 Å². The van der Waals surface area contributed by atoms with Gasteiger partial charge in [0.1, 0.15) is 11.9 Å². The molecule has 1 aliphatic rings. The molecule has 134 valence electrons. The maximum atomic E-state index is 14.1. The number of hydrogen-bond donors (Lipinski definition) is 3. The Morgan fingerprint density at radius 3 is 2.70 bits per heavy atom. The second-order valence-corrected chi connectivity index (χ2v) is 6.35. The Labute approximate surface area is 152 Å². The lowest BCUT2D eigenvalue weighted by molar-refractivity contribution is 0.0870. The van der Waals surface area contributed by atoms with Crippen molar-refractivity contribution in [2.45, 2.75) is 12.0 Å². The summed E-state index contributed by atoms with van der Waals surface area (Å²) >= 11 is 0. The molecule has 0 saturated heterocycles. The van der Waals surface area contributed by atoms with Gasteiger partial charge in [0, 0.05) is 17.3 Å². The minimum atomic E-state index is -0.535. The van der Waals surface area contributed by atoms with E-state index in [1.807, 2.05) is 36.4 Å². The number of aromatic nitrogens is 4. The van der Waals surface area contributed by atoms with Gasteiger partial charge in [0.2, 0.25) is 0 Å². The number of nitrogens with one attached hydrogen (secondary N) is 3. The highest BCUT2D eigenvalue weighted by Gasteiger charge is 2.35. The topological polar surface area (TPSA) is 95.7 Å². The molecular formula is C19H14FN5O2. The standard InChI is InChI=1S/C19H14FN5O2/c20-11-8-12-15-14(9-11)25-27-18(10-4-2-1-3-5-10)16(13-6-7-21-22-13)17(15)23-24-19(12)26/h1-9,16,18,25H,(H,21,22)(H,24,26). The first-order chi connectivity index (χ1) is 13.2. The van der Waals surface area contributed by atoms with Crippen LogP contribution < -0.4 is 11.0 Å². The molecule has 0 amide bonds. The van der Waals surface area contributed by atoms with E-state index in [9.17, 15) is 9.18 Å². The molecule has 8 heteroatoms. The molecule has 3 N–H and O–H groups in total. The Morgan fingerprint density at radius 2 is 1.93 bits per heavy atom. The fraction of sp³-hybridized carbons (Fsp3) is 0.105. The predicted molar refractivity (Wildman–Crippen MR) is 96.6 cm³/mol. The molecule has 7 nitrogen and oxygen atoms in total. The first-order valence-corrected chi connectivity index (χ1v) is 8.40. The van der Waals surface area contributed by atoms with Crippen LogP contribution in [0.2, 0.25) is 0 Å². The van der Waals surface area contributed by atoms with Gasteiger partial charge in [-0.1, -0.05) is 30.3 Å². The van der Waals surface area contributed by atoms with Crippen LogP contribution >= 0.6 is 0 Å². The third-order valence-corrected chi connectivity index (χ3v) is 4.76. The maximum Gasteiger partial charge on any atom is 0.272 e. The molecule has 1 aliphatic heterocycles. The highest BCUT2D eigenvalue weighted by Crippen LogP contribution is 2.44. The number of aromatic amines is 2. The second-order valence-electron chi connectivity index (χ2n) is 6.35. The monoisotopic (exact) mass is 363 g/mol. The van der Waals surface area contributed by atoms with Crippen molar-refractivity contribution in [3.63, 3.8) is 0 Å². The quantitative estimate of drug-likeness (QED) is 0.509. The van der Waals surface area contributed by atoms with Crippen LogP contribution in [0.25, 0.3) is 10.8 Å². The minimum absolute atomic E-state index is 0.212. The molecular weight excluding hydrogens is 349 g/mol. The number of benzene rings is 2. The highest BCUT2D eigenvalue weighted by molar-refractivity contribution is 5.95. The molecule has 2 atom stereocenters. The Kier molecular flexibility index (Phi) is 3.51. The SMILES string of the molecule is O=c1[nH]nc2c3c(cc(F)cc13)NOC(c1ccccc1)C2c1ccn[nH]1. The number of anilines is 1. The summed E-state index contributed by atoms with van der Waals surface area (Å²) in [6.07, 6.45) is 1.16. The Hall–Kier alpha value is -3.52. The summed E-state index contributed by atoms with van der Waals surface area (Å²) in [5.41, 5.74) is 4.97. The van der Waals surface area contributed by atoms with Gasteiger partial charge in [0.05, 0.1) is 22.7 Å². The Balaban J connectivity index is 1.83. The number of rotatable bonds is 2. The normalized spacial score (nSPS) is 18.9. The van der Waals surface area contributed by atoms with Crippen molar-refractivity contribution in [2.75, 3.05) is 5.48 Å². The van der Waals surface area contributed by atoms with Crippen LogP contribution in [0.5, 0.6) is 0 Å². The van der Waals surface area contributed by atoms with E-state index in [-0.39, 0.29) is 5.39 Å². The Morgan fingerprint density at radius 1 is 1.07 bits per heavy atom. The zero-order chi connectivity index (χ0) is 18.4. The molecule has 0 bridgehead atoms. The lowest BCUT2D eigenvalue weighted by Crippen LogP contribution is -2.20. The molecule has 2 unspecified atom stereocenters. The van der Waals surface area contributed by atoms with Crippen molar-refractivity contribution in [2.24, 2.45) is 0 Å². The van der Waals surface area contributed by atoms with E-state index in [1.165, 1.54) is 12.1 Å². The van der Waals surface area contributed by atoms with E-state index < -0.39 is 23.4 Å². The molecule has 0 saturated carbocycles. The van der Waals surface area contributed by atoms with Crippen molar-refractivity contribution in [1.82, 2.24) is 20.4 Å². The lowest BCUT2D eigenvalue weighted by Gasteiger charge is -2.24. The summed E-state index contributed by atoms with van der Waals surface area (Å²) in [7, 11) is 0. The number of halogens is 1. The van der Waals surface area contributed by atoms with Crippen LogP contribution in [0.1, 0.15) is 29.0 Å². The molecule has 5 rings (SSSR count). The second kappa shape index (κ2) is 6.03. The van der Waals surface area contributed by atoms with Gasteiger partial charge in [-0.3, -0.25) is 20.2 Å². The zero-order valence-electron chi connectivity index (χ0n) is 13.9. The fourth-order valence-electron chi connectivity index (χ4n) is 3.59. The average molecular weight is 363 g/mol. The van der Waals surface area contributed by atoms with Gasteiger partial charge < -0.3 is 0 Å². The molecule has 4 aromatic rings. The Bertz CT molecular complexity index is 1170. The molecule has 0 spiro atoms. The first kappa shape index (κ1) is 15.7.